The van der Waals surface area contributed by atoms with Gasteiger partial charge in [-0.3, -0.25) is 0 Å². The fourth-order valence-corrected chi connectivity index (χ4v) is 2.34. The molecule has 1 atom stereocenters. The fourth-order valence-electron chi connectivity index (χ4n) is 2.34. The van der Waals surface area contributed by atoms with Crippen LogP contribution in [0.4, 0.5) is 13.2 Å². The summed E-state index contributed by atoms with van der Waals surface area (Å²) in [5.41, 5.74) is 0. The van der Waals surface area contributed by atoms with E-state index in [0.717, 1.165) is 25.9 Å². The molecule has 3 aliphatic heterocycles. The van der Waals surface area contributed by atoms with Crippen LogP contribution in [0.5, 0.6) is 0 Å². The van der Waals surface area contributed by atoms with Gasteiger partial charge in [0.05, 0.1) is 5.92 Å². The van der Waals surface area contributed by atoms with Crippen LogP contribution in [-0.4, -0.2) is 30.7 Å². The van der Waals surface area contributed by atoms with Gasteiger partial charge in [-0.2, -0.15) is 13.2 Å². The van der Waals surface area contributed by atoms with Crippen molar-refractivity contribution in [3.05, 3.63) is 0 Å². The van der Waals surface area contributed by atoms with Crippen molar-refractivity contribution in [2.75, 3.05) is 19.6 Å². The minimum absolute atomic E-state index is 0.0880. The highest BCUT2D eigenvalue weighted by Gasteiger charge is 2.49. The van der Waals surface area contributed by atoms with Crippen LogP contribution in [0.25, 0.3) is 0 Å². The minimum Gasteiger partial charge on any atom is -0.303 e. The molecule has 0 N–H and O–H groups in total. The summed E-state index contributed by atoms with van der Waals surface area (Å²) in [5, 5.41) is 0. The molecule has 0 aromatic rings. The van der Waals surface area contributed by atoms with E-state index in [-0.39, 0.29) is 12.5 Å². The van der Waals surface area contributed by atoms with Gasteiger partial charge in [0, 0.05) is 6.54 Å². The highest BCUT2D eigenvalue weighted by Crippen LogP contribution is 2.41. The molecule has 3 fully saturated rings. The van der Waals surface area contributed by atoms with Crippen molar-refractivity contribution in [3.63, 3.8) is 0 Å². The molecule has 0 aromatic carbocycles. The second-order valence-electron chi connectivity index (χ2n) is 3.79. The van der Waals surface area contributed by atoms with E-state index in [4.69, 9.17) is 0 Å². The predicted molar refractivity (Wildman–Crippen MR) is 38.7 cm³/mol. The number of rotatable bonds is 0. The number of halogens is 3. The van der Waals surface area contributed by atoms with Gasteiger partial charge < -0.3 is 4.90 Å². The Balaban J connectivity index is 2.09. The number of nitrogens with zero attached hydrogens (tertiary/aromatic N) is 1. The zero-order chi connectivity index (χ0) is 8.77. The Morgan fingerprint density at radius 3 is 1.92 bits per heavy atom. The molecule has 3 saturated heterocycles. The van der Waals surface area contributed by atoms with E-state index in [1.54, 1.807) is 0 Å². The zero-order valence-corrected chi connectivity index (χ0v) is 6.77. The lowest BCUT2D eigenvalue weighted by Crippen LogP contribution is -2.52. The Morgan fingerprint density at radius 1 is 1.08 bits per heavy atom. The van der Waals surface area contributed by atoms with E-state index in [2.05, 4.69) is 0 Å². The molecule has 0 saturated carbocycles. The lowest BCUT2D eigenvalue weighted by atomic mass is 9.79. The van der Waals surface area contributed by atoms with Crippen LogP contribution >= 0.6 is 0 Å². The van der Waals surface area contributed by atoms with Crippen molar-refractivity contribution < 1.29 is 13.2 Å². The van der Waals surface area contributed by atoms with Gasteiger partial charge in [0.2, 0.25) is 0 Å². The summed E-state index contributed by atoms with van der Waals surface area (Å²) in [5.74, 6) is -1.13. The Morgan fingerprint density at radius 2 is 1.67 bits per heavy atom. The van der Waals surface area contributed by atoms with Crippen molar-refractivity contribution in [1.82, 2.24) is 4.90 Å². The number of hydrogen-bond acceptors (Lipinski definition) is 1. The van der Waals surface area contributed by atoms with Gasteiger partial charge in [0.1, 0.15) is 0 Å². The summed E-state index contributed by atoms with van der Waals surface area (Å²) in [6, 6.07) is 0. The number of alkyl halides is 3. The highest BCUT2D eigenvalue weighted by atomic mass is 19.4. The Labute approximate surface area is 69.5 Å². The van der Waals surface area contributed by atoms with Gasteiger partial charge in [-0.25, -0.2) is 0 Å². The molecule has 3 rings (SSSR count). The third-order valence-corrected chi connectivity index (χ3v) is 3.08. The topological polar surface area (TPSA) is 3.24 Å². The largest absolute Gasteiger partial charge is 0.393 e. The van der Waals surface area contributed by atoms with Gasteiger partial charge in [0.15, 0.2) is 0 Å². The van der Waals surface area contributed by atoms with E-state index in [1.165, 1.54) is 0 Å². The molecule has 70 valence electrons. The van der Waals surface area contributed by atoms with Crippen molar-refractivity contribution in [1.29, 1.82) is 0 Å². The first-order chi connectivity index (χ1) is 5.57. The van der Waals surface area contributed by atoms with Crippen molar-refractivity contribution >= 4 is 0 Å². The molecule has 1 nitrogen and oxygen atoms in total. The van der Waals surface area contributed by atoms with E-state index in [1.807, 2.05) is 4.90 Å². The predicted octanol–water partition coefficient (Wildman–Crippen LogP) is 1.89. The summed E-state index contributed by atoms with van der Waals surface area (Å²) in [6.45, 7) is 1.99. The molecular formula is C8H12F3N. The van der Waals surface area contributed by atoms with Crippen LogP contribution in [0, 0.1) is 11.8 Å². The van der Waals surface area contributed by atoms with E-state index < -0.39 is 12.1 Å². The third kappa shape index (κ3) is 1.32. The molecule has 0 spiro atoms. The fraction of sp³-hybridized carbons (Fsp3) is 1.00. The van der Waals surface area contributed by atoms with Crippen molar-refractivity contribution in [2.45, 2.75) is 19.0 Å². The van der Waals surface area contributed by atoms with Crippen LogP contribution < -0.4 is 0 Å². The molecule has 0 aromatic heterocycles. The average Bonchev–Trinajstić information content (AvgIpc) is 2.05. The molecule has 3 aliphatic rings. The Kier molecular flexibility index (Phi) is 1.82. The standard InChI is InChI=1S/C8H12F3N/c9-8(10,11)7-5-12-3-1-6(7)2-4-12/h6-7H,1-5H2/t7-/m0/s1. The first kappa shape index (κ1) is 8.35. The molecular weight excluding hydrogens is 167 g/mol. The first-order valence-electron chi connectivity index (χ1n) is 4.36. The smallest absolute Gasteiger partial charge is 0.303 e. The number of piperidine rings is 3. The second kappa shape index (κ2) is 2.62. The molecule has 4 heteroatoms. The maximum atomic E-state index is 12.4. The monoisotopic (exact) mass is 179 g/mol. The van der Waals surface area contributed by atoms with E-state index in [9.17, 15) is 13.2 Å². The van der Waals surface area contributed by atoms with Gasteiger partial charge >= 0.3 is 6.18 Å². The maximum Gasteiger partial charge on any atom is 0.393 e. The summed E-state index contributed by atoms with van der Waals surface area (Å²) >= 11 is 0. The zero-order valence-electron chi connectivity index (χ0n) is 6.77. The Bertz CT molecular complexity index is 170. The summed E-state index contributed by atoms with van der Waals surface area (Å²) in [7, 11) is 0. The van der Waals surface area contributed by atoms with E-state index in [0.29, 0.717) is 0 Å². The normalized spacial score (nSPS) is 41.8. The van der Waals surface area contributed by atoms with Gasteiger partial charge in [-0.05, 0) is 31.8 Å². The molecule has 0 aliphatic carbocycles. The molecule has 12 heavy (non-hydrogen) atoms. The molecule has 0 amide bonds. The maximum absolute atomic E-state index is 12.4. The Hall–Kier alpha value is -0.250. The highest BCUT2D eigenvalue weighted by molar-refractivity contribution is 4.89. The quantitative estimate of drug-likeness (QED) is 0.549. The van der Waals surface area contributed by atoms with Crippen molar-refractivity contribution in [3.8, 4) is 0 Å². The lowest BCUT2D eigenvalue weighted by molar-refractivity contribution is -0.211. The first-order valence-corrected chi connectivity index (χ1v) is 4.36. The number of fused-ring (bicyclic) bond motifs is 3. The van der Waals surface area contributed by atoms with Crippen LogP contribution in [0.2, 0.25) is 0 Å². The van der Waals surface area contributed by atoms with Gasteiger partial charge in [0.25, 0.3) is 0 Å². The third-order valence-electron chi connectivity index (χ3n) is 3.08. The second-order valence-corrected chi connectivity index (χ2v) is 3.79. The van der Waals surface area contributed by atoms with E-state index >= 15 is 0 Å². The SMILES string of the molecule is FC(F)(F)[C@H]1CN2CCC1CC2. The molecule has 0 unspecified atom stereocenters. The lowest BCUT2D eigenvalue weighted by Gasteiger charge is -2.45. The molecule has 3 heterocycles. The summed E-state index contributed by atoms with van der Waals surface area (Å²) in [4.78, 5) is 1.93. The van der Waals surface area contributed by atoms with Gasteiger partial charge in [-0.1, -0.05) is 0 Å². The average molecular weight is 179 g/mol. The van der Waals surface area contributed by atoms with Crippen LogP contribution in [0.15, 0.2) is 0 Å². The van der Waals surface area contributed by atoms with Crippen molar-refractivity contribution in [2.24, 2.45) is 11.8 Å². The molecule has 0 radical (unpaired) electrons. The number of hydrogen-bond donors (Lipinski definition) is 0. The summed E-state index contributed by atoms with van der Waals surface area (Å²) in [6.07, 6.45) is -2.49. The van der Waals surface area contributed by atoms with Crippen LogP contribution in [0.1, 0.15) is 12.8 Å². The minimum atomic E-state index is -3.97. The van der Waals surface area contributed by atoms with Gasteiger partial charge in [-0.15, -0.1) is 0 Å². The molecule has 2 bridgehead atoms. The van der Waals surface area contributed by atoms with Crippen LogP contribution in [-0.2, 0) is 0 Å². The van der Waals surface area contributed by atoms with Crippen LogP contribution in [0.3, 0.4) is 0 Å². The summed E-state index contributed by atoms with van der Waals surface area (Å²) < 4.78 is 37.1.